The monoisotopic (exact) mass is 318 g/mol. The smallest absolute Gasteiger partial charge is 0.220 e. The predicted octanol–water partition coefficient (Wildman–Crippen LogP) is 2.62. The van der Waals surface area contributed by atoms with Crippen molar-refractivity contribution in [1.82, 2.24) is 5.32 Å². The largest absolute Gasteiger partial charge is 0.497 e. The average Bonchev–Trinajstić information content (AvgIpc) is 2.92. The molecule has 0 aliphatic heterocycles. The van der Waals surface area contributed by atoms with Crippen LogP contribution in [0.5, 0.6) is 5.75 Å². The lowest BCUT2D eigenvalue weighted by Crippen LogP contribution is -2.26. The highest BCUT2D eigenvalue weighted by atomic mass is 16.5. The van der Waals surface area contributed by atoms with Crippen LogP contribution in [-0.2, 0) is 16.0 Å². The number of primary amides is 1. The van der Waals surface area contributed by atoms with Crippen LogP contribution >= 0.6 is 0 Å². The zero-order chi connectivity index (χ0) is 16.7. The highest BCUT2D eigenvalue weighted by Crippen LogP contribution is 2.33. The number of nitrogens with two attached hydrogens (primary N) is 1. The molecule has 0 fully saturated rings. The van der Waals surface area contributed by atoms with Gasteiger partial charge in [-0.05, 0) is 48.9 Å². The van der Waals surface area contributed by atoms with Crippen molar-refractivity contribution < 1.29 is 14.3 Å². The summed E-state index contributed by atoms with van der Waals surface area (Å²) in [7, 11) is 1.67. The summed E-state index contributed by atoms with van der Waals surface area (Å²) < 4.78 is 5.24. The molecule has 0 saturated heterocycles. The molecule has 0 aromatic heterocycles. The van der Waals surface area contributed by atoms with Gasteiger partial charge < -0.3 is 15.8 Å². The van der Waals surface area contributed by atoms with Gasteiger partial charge in [-0.15, -0.1) is 0 Å². The number of hydrogen-bond acceptors (Lipinski definition) is 3. The number of amides is 2. The van der Waals surface area contributed by atoms with Gasteiger partial charge in [-0.25, -0.2) is 0 Å². The first-order valence-electron chi connectivity index (χ1n) is 8.34. The highest BCUT2D eigenvalue weighted by molar-refractivity contribution is 5.76. The van der Waals surface area contributed by atoms with E-state index < -0.39 is 0 Å². The Kier molecular flexibility index (Phi) is 6.44. The average molecular weight is 318 g/mol. The number of nitrogens with one attached hydrogen (secondary N) is 1. The van der Waals surface area contributed by atoms with Gasteiger partial charge in [-0.1, -0.05) is 18.9 Å². The highest BCUT2D eigenvalue weighted by Gasteiger charge is 2.24. The molecule has 126 valence electrons. The van der Waals surface area contributed by atoms with E-state index in [0.717, 1.165) is 44.3 Å². The van der Waals surface area contributed by atoms with Gasteiger partial charge in [0.05, 0.1) is 13.2 Å². The zero-order valence-corrected chi connectivity index (χ0v) is 13.8. The number of unbranched alkanes of at least 4 members (excludes halogenated alkanes) is 3. The fraction of sp³-hybridized carbons (Fsp3) is 0.556. The number of ether oxygens (including phenoxy) is 1. The number of rotatable bonds is 9. The van der Waals surface area contributed by atoms with Crippen molar-refractivity contribution in [2.45, 2.75) is 57.4 Å². The van der Waals surface area contributed by atoms with Crippen LogP contribution in [0.25, 0.3) is 0 Å². The number of fused-ring (bicyclic) bond motifs is 1. The van der Waals surface area contributed by atoms with Crippen molar-refractivity contribution in [3.63, 3.8) is 0 Å². The van der Waals surface area contributed by atoms with Crippen molar-refractivity contribution in [1.29, 1.82) is 0 Å². The lowest BCUT2D eigenvalue weighted by molar-refractivity contribution is -0.122. The Morgan fingerprint density at radius 3 is 2.65 bits per heavy atom. The molecule has 0 radical (unpaired) electrons. The summed E-state index contributed by atoms with van der Waals surface area (Å²) >= 11 is 0. The molecule has 23 heavy (non-hydrogen) atoms. The number of aryl methyl sites for hydroxylation is 1. The van der Waals surface area contributed by atoms with Crippen LogP contribution in [0, 0.1) is 0 Å². The predicted molar refractivity (Wildman–Crippen MR) is 89.1 cm³/mol. The third-order valence-corrected chi connectivity index (χ3v) is 4.34. The lowest BCUT2D eigenvalue weighted by atomic mass is 10.1. The Bertz CT molecular complexity index is 557. The van der Waals surface area contributed by atoms with Gasteiger partial charge in [0.15, 0.2) is 0 Å². The number of methoxy groups -OCH3 is 1. The Hall–Kier alpha value is -2.04. The van der Waals surface area contributed by atoms with Crippen molar-refractivity contribution in [2.24, 2.45) is 5.73 Å². The summed E-state index contributed by atoms with van der Waals surface area (Å²) in [6.45, 7) is 0. The quantitative estimate of drug-likeness (QED) is 0.687. The van der Waals surface area contributed by atoms with E-state index >= 15 is 0 Å². The van der Waals surface area contributed by atoms with E-state index in [4.69, 9.17) is 10.5 Å². The standard InChI is InChI=1S/C18H26N2O3/c1-23-14-9-10-15-13(12-14)8-11-16(15)20-18(22)7-5-3-2-4-6-17(19)21/h9-10,12,16H,2-8,11H2,1H3,(H2,19,21)(H,20,22). The number of benzene rings is 1. The van der Waals surface area contributed by atoms with Gasteiger partial charge in [-0.3, -0.25) is 9.59 Å². The second-order valence-electron chi connectivity index (χ2n) is 6.10. The van der Waals surface area contributed by atoms with Crippen LogP contribution in [0.4, 0.5) is 0 Å². The summed E-state index contributed by atoms with van der Waals surface area (Å²) in [5, 5.41) is 3.13. The maximum atomic E-state index is 12.1. The van der Waals surface area contributed by atoms with Crippen LogP contribution in [0.15, 0.2) is 18.2 Å². The molecule has 1 aliphatic rings. The molecule has 1 aliphatic carbocycles. The van der Waals surface area contributed by atoms with Crippen molar-refractivity contribution in [3.05, 3.63) is 29.3 Å². The van der Waals surface area contributed by atoms with Gasteiger partial charge in [-0.2, -0.15) is 0 Å². The van der Waals surface area contributed by atoms with Gasteiger partial charge in [0.25, 0.3) is 0 Å². The number of hydrogen-bond donors (Lipinski definition) is 2. The first kappa shape index (κ1) is 17.3. The molecule has 0 heterocycles. The van der Waals surface area contributed by atoms with Gasteiger partial charge in [0, 0.05) is 12.8 Å². The molecule has 5 heteroatoms. The molecule has 0 bridgehead atoms. The number of carbonyl (C=O) groups excluding carboxylic acids is 2. The molecule has 2 amide bonds. The van der Waals surface area contributed by atoms with Crippen LogP contribution < -0.4 is 15.8 Å². The van der Waals surface area contributed by atoms with E-state index in [0.29, 0.717) is 12.8 Å². The molecule has 1 atom stereocenters. The fourth-order valence-electron chi connectivity index (χ4n) is 3.08. The third kappa shape index (κ3) is 5.27. The second-order valence-corrected chi connectivity index (χ2v) is 6.10. The van der Waals surface area contributed by atoms with E-state index in [2.05, 4.69) is 17.4 Å². The first-order valence-corrected chi connectivity index (χ1v) is 8.34. The normalized spacial score (nSPS) is 16.0. The molecule has 3 N–H and O–H groups in total. The minimum absolute atomic E-state index is 0.105. The first-order chi connectivity index (χ1) is 11.1. The van der Waals surface area contributed by atoms with Gasteiger partial charge >= 0.3 is 0 Å². The zero-order valence-electron chi connectivity index (χ0n) is 13.8. The Balaban J connectivity index is 1.70. The van der Waals surface area contributed by atoms with Gasteiger partial charge in [0.2, 0.25) is 11.8 Å². The fourth-order valence-corrected chi connectivity index (χ4v) is 3.08. The topological polar surface area (TPSA) is 81.4 Å². The van der Waals surface area contributed by atoms with E-state index in [9.17, 15) is 9.59 Å². The molecule has 1 aromatic rings. The Morgan fingerprint density at radius 1 is 1.22 bits per heavy atom. The van der Waals surface area contributed by atoms with Crippen LogP contribution in [-0.4, -0.2) is 18.9 Å². The maximum Gasteiger partial charge on any atom is 0.220 e. The van der Waals surface area contributed by atoms with Crippen molar-refractivity contribution >= 4 is 11.8 Å². The van der Waals surface area contributed by atoms with Crippen molar-refractivity contribution in [3.8, 4) is 5.75 Å². The molecular formula is C18H26N2O3. The molecular weight excluding hydrogens is 292 g/mol. The molecule has 1 aromatic carbocycles. The number of carbonyl (C=O) groups is 2. The maximum absolute atomic E-state index is 12.1. The third-order valence-electron chi connectivity index (χ3n) is 4.34. The van der Waals surface area contributed by atoms with E-state index in [1.807, 2.05) is 6.07 Å². The molecule has 2 rings (SSSR count). The molecule has 5 nitrogen and oxygen atoms in total. The van der Waals surface area contributed by atoms with E-state index in [1.165, 1.54) is 11.1 Å². The Morgan fingerprint density at radius 2 is 1.96 bits per heavy atom. The van der Waals surface area contributed by atoms with E-state index in [1.54, 1.807) is 7.11 Å². The molecule has 0 saturated carbocycles. The SMILES string of the molecule is COc1ccc2c(c1)CCC2NC(=O)CCCCCCC(N)=O. The minimum atomic E-state index is -0.251. The van der Waals surface area contributed by atoms with E-state index in [-0.39, 0.29) is 17.9 Å². The summed E-state index contributed by atoms with van der Waals surface area (Å²) in [5.41, 5.74) is 7.57. The molecule has 1 unspecified atom stereocenters. The summed E-state index contributed by atoms with van der Waals surface area (Å²) in [4.78, 5) is 22.7. The van der Waals surface area contributed by atoms with Crippen LogP contribution in [0.1, 0.15) is 62.1 Å². The lowest BCUT2D eigenvalue weighted by Gasteiger charge is -2.14. The van der Waals surface area contributed by atoms with Crippen molar-refractivity contribution in [2.75, 3.05) is 7.11 Å². The van der Waals surface area contributed by atoms with Crippen LogP contribution in [0.2, 0.25) is 0 Å². The summed E-state index contributed by atoms with van der Waals surface area (Å²) in [6, 6.07) is 6.18. The second kappa shape index (κ2) is 8.56. The van der Waals surface area contributed by atoms with Gasteiger partial charge in [0.1, 0.15) is 5.75 Å². The summed E-state index contributed by atoms with van der Waals surface area (Å²) in [6.07, 6.45) is 6.48. The molecule has 0 spiro atoms. The summed E-state index contributed by atoms with van der Waals surface area (Å²) in [5.74, 6) is 0.722. The Labute approximate surface area is 137 Å². The van der Waals surface area contributed by atoms with Crippen LogP contribution in [0.3, 0.4) is 0 Å². The minimum Gasteiger partial charge on any atom is -0.497 e.